The van der Waals surface area contributed by atoms with E-state index in [0.717, 1.165) is 0 Å². The molecule has 0 aromatic carbocycles. The molecule has 0 radical (unpaired) electrons. The zero-order valence-corrected chi connectivity index (χ0v) is 5.71. The Bertz CT molecular complexity index is 200. The lowest BCUT2D eigenvalue weighted by Crippen LogP contribution is -2.30. The average Bonchev–Trinajstić information content (AvgIpc) is 2.39. The Morgan fingerprint density at radius 3 is 2.82 bits per heavy atom. The van der Waals surface area contributed by atoms with Crippen molar-refractivity contribution in [1.29, 1.82) is 0 Å². The van der Waals surface area contributed by atoms with Crippen LogP contribution in [0.4, 0.5) is 8.78 Å². The van der Waals surface area contributed by atoms with Gasteiger partial charge in [0.15, 0.2) is 0 Å². The molecule has 1 atom stereocenters. The monoisotopic (exact) mass is 162 g/mol. The van der Waals surface area contributed by atoms with Gasteiger partial charge in [0.05, 0.1) is 11.7 Å². The first-order valence-electron chi connectivity index (χ1n) is 3.13. The first-order valence-corrected chi connectivity index (χ1v) is 3.13. The van der Waals surface area contributed by atoms with E-state index in [2.05, 4.69) is 9.68 Å². The number of nitrogens with zero attached hydrogens (tertiary/aromatic N) is 1. The van der Waals surface area contributed by atoms with E-state index in [1.54, 1.807) is 0 Å². The second-order valence-electron chi connectivity index (χ2n) is 2.19. The lowest BCUT2D eigenvalue weighted by atomic mass is 10.2. The summed E-state index contributed by atoms with van der Waals surface area (Å²) in [6.45, 7) is 0. The van der Waals surface area contributed by atoms with E-state index in [1.165, 1.54) is 12.3 Å². The standard InChI is InChI=1S/C6H8F2N2O/c7-6(8)5(9)3-4-1-2-11-10-4/h1-2,5-6H,3,9H2. The lowest BCUT2D eigenvalue weighted by molar-refractivity contribution is 0.115. The zero-order valence-electron chi connectivity index (χ0n) is 5.71. The third-order valence-corrected chi connectivity index (χ3v) is 1.26. The third-order valence-electron chi connectivity index (χ3n) is 1.26. The van der Waals surface area contributed by atoms with E-state index in [1.807, 2.05) is 0 Å². The van der Waals surface area contributed by atoms with Crippen molar-refractivity contribution in [2.24, 2.45) is 5.73 Å². The molecule has 1 aromatic heterocycles. The van der Waals surface area contributed by atoms with Crippen LogP contribution in [0, 0.1) is 0 Å². The Balaban J connectivity index is 2.43. The van der Waals surface area contributed by atoms with Gasteiger partial charge >= 0.3 is 0 Å². The van der Waals surface area contributed by atoms with E-state index >= 15 is 0 Å². The van der Waals surface area contributed by atoms with Crippen LogP contribution in [0.25, 0.3) is 0 Å². The first kappa shape index (κ1) is 8.13. The van der Waals surface area contributed by atoms with Gasteiger partial charge in [0.1, 0.15) is 6.26 Å². The second-order valence-corrected chi connectivity index (χ2v) is 2.19. The second kappa shape index (κ2) is 3.43. The molecule has 0 aliphatic rings. The molecule has 1 rings (SSSR count). The van der Waals surface area contributed by atoms with Crippen LogP contribution in [0.5, 0.6) is 0 Å². The third kappa shape index (κ3) is 2.27. The number of rotatable bonds is 3. The number of hydrogen-bond donors (Lipinski definition) is 1. The summed E-state index contributed by atoms with van der Waals surface area (Å²) in [7, 11) is 0. The smallest absolute Gasteiger partial charge is 0.253 e. The van der Waals surface area contributed by atoms with Crippen LogP contribution in [-0.2, 0) is 6.42 Å². The summed E-state index contributed by atoms with van der Waals surface area (Å²) >= 11 is 0. The van der Waals surface area contributed by atoms with Crippen LogP contribution >= 0.6 is 0 Å². The highest BCUT2D eigenvalue weighted by Crippen LogP contribution is 2.04. The maximum absolute atomic E-state index is 11.8. The zero-order chi connectivity index (χ0) is 8.27. The molecule has 2 N–H and O–H groups in total. The molecule has 0 aliphatic carbocycles. The van der Waals surface area contributed by atoms with Gasteiger partial charge in [-0.1, -0.05) is 5.16 Å². The van der Waals surface area contributed by atoms with Gasteiger partial charge in [0, 0.05) is 12.5 Å². The average molecular weight is 162 g/mol. The molecule has 1 heterocycles. The minimum Gasteiger partial charge on any atom is -0.365 e. The van der Waals surface area contributed by atoms with Crippen molar-refractivity contribution in [2.45, 2.75) is 18.9 Å². The van der Waals surface area contributed by atoms with Gasteiger partial charge in [0.2, 0.25) is 0 Å². The predicted molar refractivity (Wildman–Crippen MR) is 34.2 cm³/mol. The number of aromatic nitrogens is 1. The Morgan fingerprint density at radius 2 is 2.36 bits per heavy atom. The van der Waals surface area contributed by atoms with Crippen molar-refractivity contribution < 1.29 is 13.3 Å². The van der Waals surface area contributed by atoms with Crippen LogP contribution in [0.3, 0.4) is 0 Å². The van der Waals surface area contributed by atoms with Gasteiger partial charge in [-0.3, -0.25) is 0 Å². The summed E-state index contributed by atoms with van der Waals surface area (Å²) in [6.07, 6.45) is -1.13. The van der Waals surface area contributed by atoms with Crippen LogP contribution in [0.15, 0.2) is 16.9 Å². The normalized spacial score (nSPS) is 13.8. The molecule has 5 heteroatoms. The van der Waals surface area contributed by atoms with Crippen molar-refractivity contribution >= 4 is 0 Å². The highest BCUT2D eigenvalue weighted by Gasteiger charge is 2.16. The SMILES string of the molecule is NC(Cc1ccon1)C(F)F. The molecule has 1 unspecified atom stereocenters. The Hall–Kier alpha value is -0.970. The minimum absolute atomic E-state index is 0.0498. The number of hydrogen-bond acceptors (Lipinski definition) is 3. The Labute approximate surface area is 62.2 Å². The predicted octanol–water partition coefficient (Wildman–Crippen LogP) is 0.809. The topological polar surface area (TPSA) is 52.0 Å². The van der Waals surface area contributed by atoms with E-state index in [4.69, 9.17) is 5.73 Å². The summed E-state index contributed by atoms with van der Waals surface area (Å²) in [6, 6.07) is 0.363. The van der Waals surface area contributed by atoms with Crippen molar-refractivity contribution in [1.82, 2.24) is 5.16 Å². The molecule has 0 saturated carbocycles. The molecule has 1 aromatic rings. The lowest BCUT2D eigenvalue weighted by Gasteiger charge is -2.06. The van der Waals surface area contributed by atoms with Crippen LogP contribution in [0.1, 0.15) is 5.69 Å². The fourth-order valence-corrected chi connectivity index (χ4v) is 0.673. The minimum atomic E-state index is -2.51. The van der Waals surface area contributed by atoms with Crippen molar-refractivity contribution in [2.75, 3.05) is 0 Å². The van der Waals surface area contributed by atoms with Crippen molar-refractivity contribution in [3.63, 3.8) is 0 Å². The Kier molecular flexibility index (Phi) is 2.53. The molecule has 0 fully saturated rings. The molecule has 0 spiro atoms. The highest BCUT2D eigenvalue weighted by atomic mass is 19.3. The molecule has 0 saturated heterocycles. The summed E-state index contributed by atoms with van der Waals surface area (Å²) in [5.41, 5.74) is 5.53. The van der Waals surface area contributed by atoms with Gasteiger partial charge in [-0.2, -0.15) is 0 Å². The van der Waals surface area contributed by atoms with E-state index < -0.39 is 12.5 Å². The summed E-state index contributed by atoms with van der Waals surface area (Å²) in [5.74, 6) is 0. The molecular formula is C6H8F2N2O. The maximum atomic E-state index is 11.8. The summed E-state index contributed by atoms with van der Waals surface area (Å²) in [5, 5.41) is 3.45. The number of nitrogens with two attached hydrogens (primary N) is 1. The molecule has 0 amide bonds. The van der Waals surface area contributed by atoms with Crippen LogP contribution in [0.2, 0.25) is 0 Å². The molecule has 3 nitrogen and oxygen atoms in total. The quantitative estimate of drug-likeness (QED) is 0.715. The summed E-state index contributed by atoms with van der Waals surface area (Å²) < 4.78 is 28.1. The fraction of sp³-hybridized carbons (Fsp3) is 0.500. The molecule has 0 aliphatic heterocycles. The van der Waals surface area contributed by atoms with Crippen LogP contribution < -0.4 is 5.73 Å². The van der Waals surface area contributed by atoms with E-state index in [9.17, 15) is 8.78 Å². The van der Waals surface area contributed by atoms with Crippen molar-refractivity contribution in [3.8, 4) is 0 Å². The van der Waals surface area contributed by atoms with E-state index in [0.29, 0.717) is 5.69 Å². The van der Waals surface area contributed by atoms with Gasteiger partial charge in [-0.15, -0.1) is 0 Å². The Morgan fingerprint density at radius 1 is 1.64 bits per heavy atom. The van der Waals surface area contributed by atoms with Gasteiger partial charge < -0.3 is 10.3 Å². The highest BCUT2D eigenvalue weighted by molar-refractivity contribution is 4.98. The molecular weight excluding hydrogens is 154 g/mol. The van der Waals surface area contributed by atoms with Gasteiger partial charge in [-0.25, -0.2) is 8.78 Å². The first-order chi connectivity index (χ1) is 5.20. The largest absolute Gasteiger partial charge is 0.365 e. The maximum Gasteiger partial charge on any atom is 0.253 e. The number of halogens is 2. The molecule has 62 valence electrons. The molecule has 0 bridgehead atoms. The van der Waals surface area contributed by atoms with Gasteiger partial charge in [-0.05, 0) is 0 Å². The van der Waals surface area contributed by atoms with Gasteiger partial charge in [0.25, 0.3) is 6.43 Å². The number of alkyl halides is 2. The summed E-state index contributed by atoms with van der Waals surface area (Å²) in [4.78, 5) is 0. The van der Waals surface area contributed by atoms with Crippen LogP contribution in [-0.4, -0.2) is 17.6 Å². The van der Waals surface area contributed by atoms with E-state index in [-0.39, 0.29) is 6.42 Å². The molecule has 11 heavy (non-hydrogen) atoms. The fourth-order valence-electron chi connectivity index (χ4n) is 0.673. The van der Waals surface area contributed by atoms with Crippen molar-refractivity contribution in [3.05, 3.63) is 18.0 Å².